The van der Waals surface area contributed by atoms with E-state index in [0.29, 0.717) is 15.9 Å². The zero-order chi connectivity index (χ0) is 10.8. The van der Waals surface area contributed by atoms with Crippen molar-refractivity contribution < 1.29 is 5.11 Å². The quantitative estimate of drug-likeness (QED) is 0.879. The van der Waals surface area contributed by atoms with Gasteiger partial charge in [0.05, 0.1) is 15.7 Å². The molecule has 0 radical (unpaired) electrons. The minimum Gasteiger partial charge on any atom is -0.388 e. The molecular weight excluding hydrogens is 237 g/mol. The van der Waals surface area contributed by atoms with Gasteiger partial charge in [-0.3, -0.25) is 0 Å². The van der Waals surface area contributed by atoms with Crippen molar-refractivity contribution in [3.8, 4) is 5.69 Å². The summed E-state index contributed by atoms with van der Waals surface area (Å²) >= 11 is 11.6. The van der Waals surface area contributed by atoms with Gasteiger partial charge in [0.2, 0.25) is 0 Å². The van der Waals surface area contributed by atoms with Crippen LogP contribution in [0.15, 0.2) is 24.5 Å². The highest BCUT2D eigenvalue weighted by Crippen LogP contribution is 2.23. The van der Waals surface area contributed by atoms with Crippen LogP contribution in [0.3, 0.4) is 0 Å². The Labute approximate surface area is 96.1 Å². The fraction of sp³-hybridized carbons (Fsp3) is 0.111. The van der Waals surface area contributed by atoms with Crippen LogP contribution < -0.4 is 0 Å². The van der Waals surface area contributed by atoms with E-state index in [1.165, 1.54) is 11.0 Å². The van der Waals surface area contributed by atoms with Crippen molar-refractivity contribution in [3.63, 3.8) is 0 Å². The summed E-state index contributed by atoms with van der Waals surface area (Å²) in [6.45, 7) is -0.186. The fourth-order valence-corrected chi connectivity index (χ4v) is 1.41. The van der Waals surface area contributed by atoms with Crippen LogP contribution in [-0.2, 0) is 6.61 Å². The third-order valence-electron chi connectivity index (χ3n) is 1.85. The van der Waals surface area contributed by atoms with Crippen molar-refractivity contribution in [2.45, 2.75) is 6.61 Å². The molecule has 4 nitrogen and oxygen atoms in total. The molecule has 1 aromatic carbocycles. The highest BCUT2D eigenvalue weighted by molar-refractivity contribution is 6.42. The van der Waals surface area contributed by atoms with Gasteiger partial charge in [-0.2, -0.15) is 0 Å². The maximum atomic E-state index is 8.81. The highest BCUT2D eigenvalue weighted by Gasteiger charge is 2.04. The van der Waals surface area contributed by atoms with E-state index in [9.17, 15) is 0 Å². The predicted octanol–water partition coefficient (Wildman–Crippen LogP) is 2.07. The Hall–Kier alpha value is -1.10. The lowest BCUT2D eigenvalue weighted by atomic mass is 10.3. The van der Waals surface area contributed by atoms with Crippen LogP contribution in [0, 0.1) is 0 Å². The topological polar surface area (TPSA) is 50.9 Å². The van der Waals surface area contributed by atoms with E-state index >= 15 is 0 Å². The lowest BCUT2D eigenvalue weighted by Crippen LogP contribution is -1.96. The fourth-order valence-electron chi connectivity index (χ4n) is 1.12. The van der Waals surface area contributed by atoms with E-state index in [0.717, 1.165) is 5.69 Å². The molecular formula is C9H7Cl2N3O. The largest absolute Gasteiger partial charge is 0.388 e. The lowest BCUT2D eigenvalue weighted by molar-refractivity contribution is 0.271. The maximum absolute atomic E-state index is 8.81. The normalized spacial score (nSPS) is 10.6. The van der Waals surface area contributed by atoms with Crippen molar-refractivity contribution in [3.05, 3.63) is 40.4 Å². The lowest BCUT2D eigenvalue weighted by Gasteiger charge is -2.01. The minimum absolute atomic E-state index is 0.186. The molecule has 0 saturated carbocycles. The summed E-state index contributed by atoms with van der Waals surface area (Å²) in [6.07, 6.45) is 1.51. The average molecular weight is 244 g/mol. The first kappa shape index (κ1) is 10.4. The summed E-state index contributed by atoms with van der Waals surface area (Å²) in [5, 5.41) is 13.8. The SMILES string of the molecule is OCc1ncn(-c2ccc(Cl)c(Cl)c2)n1. The molecule has 0 atom stereocenters. The second-order valence-corrected chi connectivity index (χ2v) is 3.68. The van der Waals surface area contributed by atoms with Crippen molar-refractivity contribution in [1.82, 2.24) is 14.8 Å². The summed E-state index contributed by atoms with van der Waals surface area (Å²) in [6, 6.07) is 5.13. The van der Waals surface area contributed by atoms with Gasteiger partial charge in [0, 0.05) is 0 Å². The number of hydrogen-bond donors (Lipinski definition) is 1. The Balaban J connectivity index is 2.40. The number of aliphatic hydroxyl groups is 1. The molecule has 78 valence electrons. The molecule has 0 fully saturated rings. The van der Waals surface area contributed by atoms with Crippen molar-refractivity contribution >= 4 is 23.2 Å². The summed E-state index contributed by atoms with van der Waals surface area (Å²) in [4.78, 5) is 3.89. The average Bonchev–Trinajstić information content (AvgIpc) is 2.70. The smallest absolute Gasteiger partial charge is 0.176 e. The number of nitrogens with zero attached hydrogens (tertiary/aromatic N) is 3. The Kier molecular flexibility index (Phi) is 2.90. The number of benzene rings is 1. The number of aliphatic hydroxyl groups excluding tert-OH is 1. The molecule has 2 rings (SSSR count). The first-order valence-electron chi connectivity index (χ1n) is 4.17. The molecule has 1 heterocycles. The molecule has 0 amide bonds. The van der Waals surface area contributed by atoms with Gasteiger partial charge in [-0.25, -0.2) is 9.67 Å². The zero-order valence-electron chi connectivity index (χ0n) is 7.56. The second kappa shape index (κ2) is 4.18. The first-order valence-corrected chi connectivity index (χ1v) is 4.93. The number of hydrogen-bond acceptors (Lipinski definition) is 3. The third-order valence-corrected chi connectivity index (χ3v) is 2.59. The summed E-state index contributed by atoms with van der Waals surface area (Å²) < 4.78 is 1.52. The van der Waals surface area contributed by atoms with E-state index in [1.807, 2.05) is 0 Å². The molecule has 1 N–H and O–H groups in total. The molecule has 1 aromatic heterocycles. The third kappa shape index (κ3) is 2.12. The monoisotopic (exact) mass is 243 g/mol. The van der Waals surface area contributed by atoms with Crippen molar-refractivity contribution in [2.75, 3.05) is 0 Å². The zero-order valence-corrected chi connectivity index (χ0v) is 9.07. The molecule has 0 saturated heterocycles. The Bertz CT molecular complexity index is 484. The van der Waals surface area contributed by atoms with Crippen LogP contribution in [-0.4, -0.2) is 19.9 Å². The van der Waals surface area contributed by atoms with Crippen molar-refractivity contribution in [2.24, 2.45) is 0 Å². The molecule has 0 bridgehead atoms. The number of aromatic nitrogens is 3. The van der Waals surface area contributed by atoms with Crippen LogP contribution in [0.1, 0.15) is 5.82 Å². The molecule has 0 unspecified atom stereocenters. The van der Waals surface area contributed by atoms with E-state index in [-0.39, 0.29) is 6.61 Å². The van der Waals surface area contributed by atoms with E-state index < -0.39 is 0 Å². The molecule has 2 aromatic rings. The molecule has 0 aliphatic rings. The van der Waals surface area contributed by atoms with Gasteiger partial charge in [-0.15, -0.1) is 5.10 Å². The summed E-state index contributed by atoms with van der Waals surface area (Å²) in [5.41, 5.74) is 0.747. The van der Waals surface area contributed by atoms with Gasteiger partial charge in [0.15, 0.2) is 5.82 Å². The number of rotatable bonds is 2. The van der Waals surface area contributed by atoms with Crippen LogP contribution in [0.4, 0.5) is 0 Å². The number of halogens is 2. The van der Waals surface area contributed by atoms with E-state index in [2.05, 4.69) is 10.1 Å². The van der Waals surface area contributed by atoms with Gasteiger partial charge in [-0.05, 0) is 18.2 Å². The molecule has 15 heavy (non-hydrogen) atoms. The minimum atomic E-state index is -0.186. The molecule has 6 heteroatoms. The first-order chi connectivity index (χ1) is 7.20. The van der Waals surface area contributed by atoms with Gasteiger partial charge in [0.25, 0.3) is 0 Å². The van der Waals surface area contributed by atoms with Gasteiger partial charge in [-0.1, -0.05) is 23.2 Å². The van der Waals surface area contributed by atoms with Gasteiger partial charge < -0.3 is 5.11 Å². The Morgan fingerprint density at radius 2 is 2.07 bits per heavy atom. The van der Waals surface area contributed by atoms with Gasteiger partial charge in [0.1, 0.15) is 12.9 Å². The van der Waals surface area contributed by atoms with E-state index in [1.54, 1.807) is 18.2 Å². The van der Waals surface area contributed by atoms with Crippen LogP contribution in [0.25, 0.3) is 5.69 Å². The highest BCUT2D eigenvalue weighted by atomic mass is 35.5. The van der Waals surface area contributed by atoms with Crippen LogP contribution in [0.5, 0.6) is 0 Å². The van der Waals surface area contributed by atoms with Gasteiger partial charge >= 0.3 is 0 Å². The maximum Gasteiger partial charge on any atom is 0.176 e. The predicted molar refractivity (Wildman–Crippen MR) is 57.3 cm³/mol. The summed E-state index contributed by atoms with van der Waals surface area (Å²) in [5.74, 6) is 0.362. The van der Waals surface area contributed by atoms with Crippen LogP contribution >= 0.6 is 23.2 Å². The molecule has 0 aliphatic carbocycles. The molecule has 0 aliphatic heterocycles. The van der Waals surface area contributed by atoms with E-state index in [4.69, 9.17) is 28.3 Å². The second-order valence-electron chi connectivity index (χ2n) is 2.86. The molecule has 0 spiro atoms. The Morgan fingerprint density at radius 3 is 2.67 bits per heavy atom. The van der Waals surface area contributed by atoms with Crippen molar-refractivity contribution in [1.29, 1.82) is 0 Å². The summed E-state index contributed by atoms with van der Waals surface area (Å²) in [7, 11) is 0. The van der Waals surface area contributed by atoms with Crippen LogP contribution in [0.2, 0.25) is 10.0 Å². The Morgan fingerprint density at radius 1 is 1.27 bits per heavy atom. The standard InChI is InChI=1S/C9H7Cl2N3O/c10-7-2-1-6(3-8(7)11)14-5-12-9(4-15)13-14/h1-3,5,15H,4H2.